The predicted octanol–water partition coefficient (Wildman–Crippen LogP) is 12.5. The van der Waals surface area contributed by atoms with Crippen molar-refractivity contribution in [1.82, 2.24) is 5.12 Å². The molecule has 4 aromatic carbocycles. The Kier molecular flexibility index (Phi) is 16.4. The van der Waals surface area contributed by atoms with E-state index in [4.69, 9.17) is 34.8 Å². The lowest BCUT2D eigenvalue weighted by Gasteiger charge is -2.26. The van der Waals surface area contributed by atoms with Crippen molar-refractivity contribution in [2.24, 2.45) is 0 Å². The molecule has 0 N–H and O–H groups in total. The molecule has 0 bridgehead atoms. The van der Waals surface area contributed by atoms with Gasteiger partial charge < -0.3 is 4.90 Å². The van der Waals surface area contributed by atoms with E-state index < -0.39 is 56.3 Å². The number of halogens is 12. The Hall–Kier alpha value is -4.32. The minimum atomic E-state index is -4.71. The van der Waals surface area contributed by atoms with Crippen LogP contribution < -0.4 is 4.90 Å². The molecule has 0 unspecified atom stereocenters. The van der Waals surface area contributed by atoms with Gasteiger partial charge in [-0.1, -0.05) is 46.9 Å². The quantitative estimate of drug-likeness (QED) is 0.0721. The van der Waals surface area contributed by atoms with Gasteiger partial charge in [-0.05, 0) is 75.2 Å². The molecular weight excluding hydrogens is 806 g/mol. The Balaban J connectivity index is 0.000000305. The molecule has 0 aliphatic heterocycles. The van der Waals surface area contributed by atoms with Crippen LogP contribution in [0.15, 0.2) is 60.7 Å². The van der Waals surface area contributed by atoms with E-state index in [9.17, 15) is 59.8 Å². The first kappa shape index (κ1) is 45.8. The van der Waals surface area contributed by atoms with Gasteiger partial charge in [0, 0.05) is 52.9 Å². The number of nitro groups is 2. The summed E-state index contributed by atoms with van der Waals surface area (Å²) in [7, 11) is 0. The zero-order chi connectivity index (χ0) is 41.3. The molecule has 294 valence electrons. The highest BCUT2D eigenvalue weighted by molar-refractivity contribution is 6.33. The monoisotopic (exact) mass is 834 g/mol. The summed E-state index contributed by atoms with van der Waals surface area (Å²) in [6, 6.07) is 10.9. The molecule has 0 saturated heterocycles. The van der Waals surface area contributed by atoms with Crippen molar-refractivity contribution in [2.45, 2.75) is 53.1 Å². The van der Waals surface area contributed by atoms with Gasteiger partial charge in [-0.3, -0.25) is 20.2 Å². The lowest BCUT2D eigenvalue weighted by atomic mass is 10.0. The van der Waals surface area contributed by atoms with Crippen molar-refractivity contribution in [3.05, 3.63) is 141 Å². The van der Waals surface area contributed by atoms with E-state index in [0.29, 0.717) is 17.3 Å². The highest BCUT2D eigenvalue weighted by Gasteiger charge is 2.36. The lowest BCUT2D eigenvalue weighted by Crippen LogP contribution is -2.25. The maximum Gasteiger partial charge on any atom is 0.416 e. The topological polar surface area (TPSA) is 92.8 Å². The van der Waals surface area contributed by atoms with Gasteiger partial charge >= 0.3 is 12.4 Å². The van der Waals surface area contributed by atoms with Crippen LogP contribution in [0.1, 0.15) is 47.2 Å². The molecule has 0 saturated carbocycles. The first-order valence-electron chi connectivity index (χ1n) is 15.3. The van der Waals surface area contributed by atoms with E-state index in [0.717, 1.165) is 12.1 Å². The third-order valence-corrected chi connectivity index (χ3v) is 8.61. The summed E-state index contributed by atoms with van der Waals surface area (Å²) in [6.07, 6.45) is -9.32. The average molecular weight is 836 g/mol. The second-order valence-corrected chi connectivity index (χ2v) is 12.3. The molecule has 0 spiro atoms. The Morgan fingerprint density at radius 1 is 0.667 bits per heavy atom. The standard InChI is InChI=1S/C17H15ClF4N2O2.C9H10ClF2N.C8H5ClF3NO2/c1-3-23(9-12-13(18)5-4-6-14(12)19)16-10(2)7-11(17(20,21)22)8-15(16)24(25)26;1-2-13(12)6-7-8(10)4-3-5-9(7)11;1-4-2-5(8(10,11)12)3-6(7(4)9)13(14)15/h4-8H,3,9H2,1-2H3;3-5H,2,6H2,1H3;2-3H,1H3. The summed E-state index contributed by atoms with van der Waals surface area (Å²) in [5.74, 6) is -1.06. The van der Waals surface area contributed by atoms with E-state index in [1.54, 1.807) is 19.9 Å². The van der Waals surface area contributed by atoms with E-state index in [1.807, 2.05) is 0 Å². The van der Waals surface area contributed by atoms with Crippen molar-refractivity contribution in [3.8, 4) is 0 Å². The number of aryl methyl sites for hydroxylation is 2. The minimum Gasteiger partial charge on any atom is -0.362 e. The van der Waals surface area contributed by atoms with Crippen LogP contribution in [0.25, 0.3) is 0 Å². The molecule has 8 nitrogen and oxygen atoms in total. The van der Waals surface area contributed by atoms with Gasteiger partial charge in [0.15, 0.2) is 0 Å². The fourth-order valence-corrected chi connectivity index (χ4v) is 5.34. The summed E-state index contributed by atoms with van der Waals surface area (Å²) in [6.45, 7) is 6.14. The molecule has 20 heteroatoms. The zero-order valence-electron chi connectivity index (χ0n) is 28.6. The van der Waals surface area contributed by atoms with Crippen LogP contribution in [0.5, 0.6) is 0 Å². The Labute approximate surface area is 317 Å². The molecular formula is C34H30Cl3F9N4O4. The fraction of sp³-hybridized carbons (Fsp3) is 0.294. The van der Waals surface area contributed by atoms with Crippen LogP contribution in [0.3, 0.4) is 0 Å². The summed E-state index contributed by atoms with van der Waals surface area (Å²) >= 11 is 17.2. The van der Waals surface area contributed by atoms with Crippen LogP contribution in [0.2, 0.25) is 15.1 Å². The molecule has 4 rings (SSSR count). The SMILES string of the molecule is CCN(Cc1c(F)cccc1Cl)c1c(C)cc(C(F)(F)F)cc1[N+](=O)[O-].CCN(F)Cc1c(F)cccc1Cl.Cc1cc(C(F)(F)F)cc([N+](=O)[O-])c1Cl. The molecule has 0 aliphatic carbocycles. The van der Waals surface area contributed by atoms with E-state index in [-0.39, 0.29) is 69.2 Å². The summed E-state index contributed by atoms with van der Waals surface area (Å²) in [4.78, 5) is 21.4. The number of hydrogen-bond acceptors (Lipinski definition) is 6. The lowest BCUT2D eigenvalue weighted by molar-refractivity contribution is -0.385. The first-order valence-corrected chi connectivity index (χ1v) is 16.5. The fourth-order valence-electron chi connectivity index (χ4n) is 4.71. The average Bonchev–Trinajstić information content (AvgIpc) is 3.07. The van der Waals surface area contributed by atoms with Gasteiger partial charge in [-0.2, -0.15) is 26.3 Å². The molecule has 0 atom stereocenters. The van der Waals surface area contributed by atoms with E-state index >= 15 is 0 Å². The van der Waals surface area contributed by atoms with Crippen LogP contribution in [0.4, 0.5) is 56.7 Å². The minimum absolute atomic E-state index is 0.00446. The summed E-state index contributed by atoms with van der Waals surface area (Å²) < 4.78 is 116. The predicted molar refractivity (Wildman–Crippen MR) is 187 cm³/mol. The van der Waals surface area contributed by atoms with Gasteiger partial charge in [0.05, 0.1) is 27.5 Å². The number of alkyl halides is 6. The number of nitro benzene ring substituents is 2. The third-order valence-electron chi connectivity index (χ3n) is 7.41. The Morgan fingerprint density at radius 2 is 1.09 bits per heavy atom. The number of rotatable bonds is 9. The van der Waals surface area contributed by atoms with Crippen LogP contribution >= 0.6 is 34.8 Å². The van der Waals surface area contributed by atoms with Crippen molar-refractivity contribution in [2.75, 3.05) is 18.0 Å². The number of hydrogen-bond donors (Lipinski definition) is 0. The largest absolute Gasteiger partial charge is 0.416 e. The van der Waals surface area contributed by atoms with Crippen molar-refractivity contribution >= 4 is 51.9 Å². The van der Waals surface area contributed by atoms with Crippen molar-refractivity contribution in [3.63, 3.8) is 0 Å². The van der Waals surface area contributed by atoms with Crippen molar-refractivity contribution < 1.29 is 49.5 Å². The molecule has 0 heterocycles. The maximum atomic E-state index is 14.0. The van der Waals surface area contributed by atoms with Gasteiger partial charge in [0.1, 0.15) is 22.3 Å². The van der Waals surface area contributed by atoms with Crippen LogP contribution in [-0.2, 0) is 25.4 Å². The third kappa shape index (κ3) is 12.4. The normalized spacial score (nSPS) is 11.4. The molecule has 0 fully saturated rings. The van der Waals surface area contributed by atoms with E-state index in [2.05, 4.69) is 0 Å². The summed E-state index contributed by atoms with van der Waals surface area (Å²) in [5.41, 5.74) is -3.18. The first-order chi connectivity index (χ1) is 24.9. The zero-order valence-corrected chi connectivity index (χ0v) is 30.8. The number of nitrogens with zero attached hydrogens (tertiary/aromatic N) is 4. The van der Waals surface area contributed by atoms with Gasteiger partial charge in [-0.15, -0.1) is 9.60 Å². The van der Waals surface area contributed by atoms with Gasteiger partial charge in [-0.25, -0.2) is 8.78 Å². The molecule has 0 radical (unpaired) electrons. The number of benzene rings is 4. The Bertz CT molecular complexity index is 1930. The second kappa shape index (κ2) is 19.3. The molecule has 0 aromatic heterocycles. The van der Waals surface area contributed by atoms with Crippen LogP contribution in [0, 0.1) is 45.7 Å². The second-order valence-electron chi connectivity index (χ2n) is 11.1. The molecule has 54 heavy (non-hydrogen) atoms. The molecule has 0 amide bonds. The number of anilines is 1. The maximum absolute atomic E-state index is 14.0. The molecule has 4 aromatic rings. The molecule has 0 aliphatic rings. The Morgan fingerprint density at radius 3 is 1.48 bits per heavy atom. The van der Waals surface area contributed by atoms with Gasteiger partial charge in [0.25, 0.3) is 11.4 Å². The van der Waals surface area contributed by atoms with Crippen molar-refractivity contribution in [1.29, 1.82) is 0 Å². The smallest absolute Gasteiger partial charge is 0.362 e. The summed E-state index contributed by atoms with van der Waals surface area (Å²) in [5, 5.41) is 22.4. The van der Waals surface area contributed by atoms with Gasteiger partial charge in [0.2, 0.25) is 0 Å². The van der Waals surface area contributed by atoms with Crippen LogP contribution in [-0.4, -0.2) is 28.1 Å². The highest BCUT2D eigenvalue weighted by atomic mass is 35.5. The van der Waals surface area contributed by atoms with E-state index in [1.165, 1.54) is 49.1 Å². The highest BCUT2D eigenvalue weighted by Crippen LogP contribution is 2.40.